The van der Waals surface area contributed by atoms with Crippen LogP contribution in [0.5, 0.6) is 5.75 Å². The van der Waals surface area contributed by atoms with Gasteiger partial charge in [0.25, 0.3) is 5.91 Å². The minimum absolute atomic E-state index is 0.144. The summed E-state index contributed by atoms with van der Waals surface area (Å²) in [4.78, 5) is 27.5. The lowest BCUT2D eigenvalue weighted by Crippen LogP contribution is -2.50. The molecule has 0 radical (unpaired) electrons. The van der Waals surface area contributed by atoms with E-state index in [1.807, 2.05) is 45.0 Å². The van der Waals surface area contributed by atoms with Crippen molar-refractivity contribution >= 4 is 39.3 Å². The molecule has 0 aromatic heterocycles. The molecule has 162 valence electrons. The smallest absolute Gasteiger partial charge is 0.261 e. The summed E-state index contributed by atoms with van der Waals surface area (Å²) in [6.07, 6.45) is 1.35. The average Bonchev–Trinajstić information content (AvgIpc) is 2.72. The predicted octanol–water partition coefficient (Wildman–Crippen LogP) is 5.12. The Kier molecular flexibility index (Phi) is 9.66. The first kappa shape index (κ1) is 24.2. The lowest BCUT2D eigenvalue weighted by atomic mass is 10.1. The summed E-state index contributed by atoms with van der Waals surface area (Å²) in [5.74, 6) is 0.125. The number of nitrogens with zero attached hydrogens (tertiary/aromatic N) is 1. The van der Waals surface area contributed by atoms with Gasteiger partial charge in [0.2, 0.25) is 5.91 Å². The highest BCUT2D eigenvalue weighted by Gasteiger charge is 2.29. The van der Waals surface area contributed by atoms with Gasteiger partial charge in [-0.1, -0.05) is 49.7 Å². The summed E-state index contributed by atoms with van der Waals surface area (Å²) >= 11 is 9.36. The molecule has 1 atom stereocenters. The maximum absolute atomic E-state index is 13.2. The highest BCUT2D eigenvalue weighted by molar-refractivity contribution is 9.10. The number of hydrogen-bond acceptors (Lipinski definition) is 3. The Hall–Kier alpha value is -2.05. The molecule has 0 aliphatic rings. The van der Waals surface area contributed by atoms with E-state index in [0.29, 0.717) is 34.8 Å². The third kappa shape index (κ3) is 6.74. The summed E-state index contributed by atoms with van der Waals surface area (Å²) in [5.41, 5.74) is 2.07. The molecule has 0 fully saturated rings. The first-order valence-electron chi connectivity index (χ1n) is 10.1. The van der Waals surface area contributed by atoms with E-state index in [2.05, 4.69) is 21.2 Å². The molecule has 0 spiro atoms. The van der Waals surface area contributed by atoms with Crippen LogP contribution in [0.15, 0.2) is 46.9 Å². The first-order chi connectivity index (χ1) is 14.4. The van der Waals surface area contributed by atoms with Gasteiger partial charge in [0, 0.05) is 18.1 Å². The van der Waals surface area contributed by atoms with E-state index >= 15 is 0 Å². The number of benzene rings is 2. The molecule has 2 aromatic rings. The van der Waals surface area contributed by atoms with Gasteiger partial charge in [-0.05, 0) is 65.0 Å². The second kappa shape index (κ2) is 12.0. The van der Waals surface area contributed by atoms with Crippen molar-refractivity contribution in [2.75, 3.05) is 13.2 Å². The van der Waals surface area contributed by atoms with Crippen molar-refractivity contribution in [1.82, 2.24) is 10.2 Å². The quantitative estimate of drug-likeness (QED) is 0.497. The number of ether oxygens (including phenoxy) is 1. The van der Waals surface area contributed by atoms with Gasteiger partial charge in [0.1, 0.15) is 11.8 Å². The Labute approximate surface area is 191 Å². The number of amides is 2. The summed E-state index contributed by atoms with van der Waals surface area (Å²) in [6.45, 7) is 6.64. The van der Waals surface area contributed by atoms with Crippen molar-refractivity contribution in [2.45, 2.75) is 46.2 Å². The zero-order valence-electron chi connectivity index (χ0n) is 17.6. The summed E-state index contributed by atoms with van der Waals surface area (Å²) in [6, 6.07) is 12.4. The van der Waals surface area contributed by atoms with E-state index in [9.17, 15) is 9.59 Å². The maximum atomic E-state index is 13.2. The number of nitrogens with one attached hydrogen (secondary N) is 1. The number of carbonyl (C=O) groups excluding carboxylic acids is 2. The fourth-order valence-corrected chi connectivity index (χ4v) is 3.87. The average molecular weight is 496 g/mol. The number of carbonyl (C=O) groups is 2. The third-order valence-corrected chi connectivity index (χ3v) is 5.64. The summed E-state index contributed by atoms with van der Waals surface area (Å²) in [7, 11) is 0. The molecule has 0 aliphatic carbocycles. The molecule has 5 nitrogen and oxygen atoms in total. The normalized spacial score (nSPS) is 11.6. The largest absolute Gasteiger partial charge is 0.483 e. The molecule has 7 heteroatoms. The van der Waals surface area contributed by atoms with Crippen molar-refractivity contribution in [3.05, 3.63) is 63.1 Å². The molecule has 0 heterocycles. The monoisotopic (exact) mass is 494 g/mol. The van der Waals surface area contributed by atoms with Crippen LogP contribution in [0.1, 0.15) is 37.8 Å². The molecule has 2 aromatic carbocycles. The topological polar surface area (TPSA) is 58.6 Å². The van der Waals surface area contributed by atoms with Crippen LogP contribution >= 0.6 is 27.5 Å². The molecule has 2 rings (SSSR count). The van der Waals surface area contributed by atoms with Gasteiger partial charge in [-0.2, -0.15) is 0 Å². The second-order valence-electron chi connectivity index (χ2n) is 7.03. The zero-order chi connectivity index (χ0) is 22.1. The minimum atomic E-state index is -0.569. The summed E-state index contributed by atoms with van der Waals surface area (Å²) < 4.78 is 6.40. The molecule has 0 bridgehead atoms. The van der Waals surface area contributed by atoms with Gasteiger partial charge in [-0.3, -0.25) is 9.59 Å². The minimum Gasteiger partial charge on any atom is -0.483 e. The van der Waals surface area contributed by atoms with Gasteiger partial charge in [-0.25, -0.2) is 0 Å². The van der Waals surface area contributed by atoms with Crippen LogP contribution in [0.25, 0.3) is 0 Å². The van der Waals surface area contributed by atoms with Crippen LogP contribution in [0, 0.1) is 6.92 Å². The van der Waals surface area contributed by atoms with Crippen molar-refractivity contribution in [2.24, 2.45) is 0 Å². The van der Waals surface area contributed by atoms with Gasteiger partial charge < -0.3 is 15.0 Å². The molecular weight excluding hydrogens is 468 g/mol. The highest BCUT2D eigenvalue weighted by Crippen LogP contribution is 2.28. The van der Waals surface area contributed by atoms with Crippen LogP contribution < -0.4 is 10.1 Å². The van der Waals surface area contributed by atoms with E-state index in [4.69, 9.17) is 16.3 Å². The molecule has 1 N–H and O–H groups in total. The number of halogens is 2. The van der Waals surface area contributed by atoms with Crippen LogP contribution in [0.3, 0.4) is 0 Å². The van der Waals surface area contributed by atoms with Crippen molar-refractivity contribution in [3.8, 4) is 5.75 Å². The lowest BCUT2D eigenvalue weighted by molar-refractivity contribution is -0.143. The van der Waals surface area contributed by atoms with E-state index in [0.717, 1.165) is 17.5 Å². The standard InChI is InChI=1S/C23H28BrClN2O3/c1-4-12-26-23(29)20(5-2)27(14-17-9-7-6-8-16(17)3)22(28)15-30-21-11-10-18(25)13-19(21)24/h6-11,13,20H,4-5,12,14-15H2,1-3H3,(H,26,29)/t20-/m0/s1. The SMILES string of the molecule is CCCNC(=O)[C@H](CC)N(Cc1ccccc1C)C(=O)COc1ccc(Cl)cc1Br. The highest BCUT2D eigenvalue weighted by atomic mass is 79.9. The lowest BCUT2D eigenvalue weighted by Gasteiger charge is -2.31. The Morgan fingerprint density at radius 3 is 2.57 bits per heavy atom. The van der Waals surface area contributed by atoms with Crippen LogP contribution in [0.4, 0.5) is 0 Å². The molecule has 0 unspecified atom stereocenters. The molecule has 0 aliphatic heterocycles. The molecular formula is C23H28BrClN2O3. The first-order valence-corrected chi connectivity index (χ1v) is 11.2. The van der Waals surface area contributed by atoms with Crippen molar-refractivity contribution < 1.29 is 14.3 Å². The van der Waals surface area contributed by atoms with Gasteiger partial charge in [0.05, 0.1) is 4.47 Å². The van der Waals surface area contributed by atoms with E-state index in [1.165, 1.54) is 0 Å². The van der Waals surface area contributed by atoms with Gasteiger partial charge in [-0.15, -0.1) is 0 Å². The van der Waals surface area contributed by atoms with Crippen molar-refractivity contribution in [1.29, 1.82) is 0 Å². The van der Waals surface area contributed by atoms with Crippen LogP contribution in [-0.2, 0) is 16.1 Å². The molecule has 2 amide bonds. The van der Waals surface area contributed by atoms with Crippen LogP contribution in [-0.4, -0.2) is 35.9 Å². The van der Waals surface area contributed by atoms with Crippen molar-refractivity contribution in [3.63, 3.8) is 0 Å². The van der Waals surface area contributed by atoms with Crippen LogP contribution in [0.2, 0.25) is 5.02 Å². The second-order valence-corrected chi connectivity index (χ2v) is 8.32. The van der Waals surface area contributed by atoms with Gasteiger partial charge >= 0.3 is 0 Å². The Balaban J connectivity index is 2.22. The Morgan fingerprint density at radius 1 is 1.20 bits per heavy atom. The molecule has 0 saturated carbocycles. The Morgan fingerprint density at radius 2 is 1.93 bits per heavy atom. The third-order valence-electron chi connectivity index (χ3n) is 4.78. The molecule has 0 saturated heterocycles. The molecule has 30 heavy (non-hydrogen) atoms. The zero-order valence-corrected chi connectivity index (χ0v) is 19.9. The fourth-order valence-electron chi connectivity index (χ4n) is 3.07. The summed E-state index contributed by atoms with van der Waals surface area (Å²) in [5, 5.41) is 3.48. The van der Waals surface area contributed by atoms with Gasteiger partial charge in [0.15, 0.2) is 6.61 Å². The maximum Gasteiger partial charge on any atom is 0.261 e. The van der Waals surface area contributed by atoms with E-state index < -0.39 is 6.04 Å². The Bertz CT molecular complexity index is 875. The number of hydrogen-bond donors (Lipinski definition) is 1. The number of aryl methyl sites for hydroxylation is 1. The number of rotatable bonds is 10. The van der Waals surface area contributed by atoms with E-state index in [1.54, 1.807) is 23.1 Å². The predicted molar refractivity (Wildman–Crippen MR) is 124 cm³/mol. The van der Waals surface area contributed by atoms with E-state index in [-0.39, 0.29) is 18.4 Å². The fraction of sp³-hybridized carbons (Fsp3) is 0.391.